The lowest BCUT2D eigenvalue weighted by Crippen LogP contribution is -2.41. The molecule has 0 bridgehead atoms. The van der Waals surface area contributed by atoms with Gasteiger partial charge in [0.2, 0.25) is 0 Å². The average Bonchev–Trinajstić information content (AvgIpc) is 3.12. The second-order valence-electron chi connectivity index (χ2n) is 9.61. The minimum atomic E-state index is -4.23. The van der Waals surface area contributed by atoms with E-state index in [1.54, 1.807) is 25.2 Å². The summed E-state index contributed by atoms with van der Waals surface area (Å²) < 4.78 is 37.8. The van der Waals surface area contributed by atoms with E-state index in [4.69, 9.17) is 15.5 Å². The van der Waals surface area contributed by atoms with Crippen LogP contribution >= 0.6 is 0 Å². The molecule has 1 aliphatic carbocycles. The monoisotopic (exact) mass is 519 g/mol. The Bertz CT molecular complexity index is 1530. The molecule has 192 valence electrons. The predicted molar refractivity (Wildman–Crippen MR) is 142 cm³/mol. The molecular formula is C28H29N3O5S. The maximum Gasteiger partial charge on any atom is 0.269 e. The Hall–Kier alpha value is -3.69. The number of aryl methyl sites for hydroxylation is 2. The van der Waals surface area contributed by atoms with Gasteiger partial charge in [0.15, 0.2) is 11.5 Å². The smallest absolute Gasteiger partial charge is 0.269 e. The average molecular weight is 520 g/mol. The van der Waals surface area contributed by atoms with Crippen molar-refractivity contribution in [2.24, 2.45) is 10.7 Å². The van der Waals surface area contributed by atoms with Crippen LogP contribution in [-0.4, -0.2) is 43.9 Å². The molecule has 0 saturated carbocycles. The quantitative estimate of drug-likeness (QED) is 0.479. The molecule has 8 nitrogen and oxygen atoms in total. The third kappa shape index (κ3) is 4.60. The lowest BCUT2D eigenvalue weighted by molar-refractivity contribution is -0.129. The molecule has 1 unspecified atom stereocenters. The van der Waals surface area contributed by atoms with Crippen LogP contribution in [0.4, 0.5) is 0 Å². The van der Waals surface area contributed by atoms with Crippen molar-refractivity contribution in [3.05, 3.63) is 88.5 Å². The number of hydrogen-bond acceptors (Lipinski definition) is 6. The Balaban J connectivity index is 1.67. The normalized spacial score (nSPS) is 19.5. The lowest BCUT2D eigenvalue weighted by Gasteiger charge is -2.28. The van der Waals surface area contributed by atoms with Crippen molar-refractivity contribution in [2.75, 3.05) is 14.2 Å². The molecule has 1 aliphatic heterocycles. The van der Waals surface area contributed by atoms with Gasteiger partial charge in [-0.05, 0) is 88.9 Å². The van der Waals surface area contributed by atoms with Gasteiger partial charge in [0.25, 0.3) is 16.0 Å². The topological polar surface area (TPSA) is 122 Å². The molecule has 0 fully saturated rings. The minimum absolute atomic E-state index is 0.143. The molecule has 5 rings (SSSR count). The fourth-order valence-electron chi connectivity index (χ4n) is 5.31. The summed E-state index contributed by atoms with van der Waals surface area (Å²) in [5, 5.41) is 0. The van der Waals surface area contributed by atoms with Gasteiger partial charge in [-0.15, -0.1) is 0 Å². The van der Waals surface area contributed by atoms with E-state index in [0.29, 0.717) is 22.4 Å². The number of rotatable bonds is 6. The Morgan fingerprint density at radius 1 is 1.00 bits per heavy atom. The summed E-state index contributed by atoms with van der Waals surface area (Å²) in [7, 11) is -1.12. The van der Waals surface area contributed by atoms with E-state index in [9.17, 15) is 17.8 Å². The van der Waals surface area contributed by atoms with Crippen LogP contribution in [0.1, 0.15) is 40.7 Å². The zero-order valence-electron chi connectivity index (χ0n) is 20.8. The third-order valence-corrected chi connectivity index (χ3v) is 7.87. The second-order valence-corrected chi connectivity index (χ2v) is 11.1. The van der Waals surface area contributed by atoms with E-state index >= 15 is 0 Å². The SMILES string of the molecule is COc1cc(CS(=O)(=O)O)cc(-c2cccc(C3(c4ccc5c(c4)CCCC5)N=C(N)N(C)C3=O)c2)c1. The van der Waals surface area contributed by atoms with Crippen molar-refractivity contribution in [2.45, 2.75) is 37.0 Å². The Morgan fingerprint density at radius 3 is 2.41 bits per heavy atom. The largest absolute Gasteiger partial charge is 0.497 e. The fourth-order valence-corrected chi connectivity index (χ4v) is 5.89. The standard InChI is InChI=1S/C28H29N3O5S/c1-31-26(32)28(30-27(31)29,24-11-10-19-6-3-4-7-20(19)14-24)23-9-5-8-21(15-23)22-12-18(17-37(33,34)35)13-25(16-22)36-2/h5,8-16H,3-4,6-7,17H2,1-2H3,(H2,29,30)(H,33,34,35). The van der Waals surface area contributed by atoms with Crippen molar-refractivity contribution in [1.82, 2.24) is 4.90 Å². The highest BCUT2D eigenvalue weighted by Crippen LogP contribution is 2.42. The summed E-state index contributed by atoms with van der Waals surface area (Å²) in [5.74, 6) is -0.189. The highest BCUT2D eigenvalue weighted by molar-refractivity contribution is 7.85. The number of guanidine groups is 1. The number of methoxy groups -OCH3 is 1. The summed E-state index contributed by atoms with van der Waals surface area (Å²) in [6.07, 6.45) is 4.26. The van der Waals surface area contributed by atoms with Gasteiger partial charge in [-0.25, -0.2) is 4.99 Å². The number of nitrogens with zero attached hydrogens (tertiary/aromatic N) is 2. The lowest BCUT2D eigenvalue weighted by atomic mass is 9.79. The molecule has 1 heterocycles. The zero-order valence-corrected chi connectivity index (χ0v) is 21.6. The van der Waals surface area contributed by atoms with Gasteiger partial charge >= 0.3 is 0 Å². The molecule has 9 heteroatoms. The molecule has 37 heavy (non-hydrogen) atoms. The molecule has 1 atom stereocenters. The maximum absolute atomic E-state index is 13.8. The Kier molecular flexibility index (Phi) is 6.29. The number of carbonyl (C=O) groups is 1. The number of likely N-dealkylation sites (N-methyl/N-ethyl adjacent to an activating group) is 1. The van der Waals surface area contributed by atoms with E-state index in [-0.39, 0.29) is 11.9 Å². The molecule has 0 aromatic heterocycles. The molecule has 1 amide bonds. The van der Waals surface area contributed by atoms with Crippen molar-refractivity contribution >= 4 is 22.0 Å². The van der Waals surface area contributed by atoms with Crippen LogP contribution in [0.2, 0.25) is 0 Å². The first-order valence-electron chi connectivity index (χ1n) is 12.1. The van der Waals surface area contributed by atoms with Gasteiger partial charge < -0.3 is 10.5 Å². The summed E-state index contributed by atoms with van der Waals surface area (Å²) in [6.45, 7) is 0. The second kappa shape index (κ2) is 9.32. The van der Waals surface area contributed by atoms with E-state index < -0.39 is 21.4 Å². The van der Waals surface area contributed by atoms with Crippen LogP contribution in [-0.2, 0) is 39.0 Å². The number of benzene rings is 3. The van der Waals surface area contributed by atoms with E-state index in [0.717, 1.165) is 36.8 Å². The first-order chi connectivity index (χ1) is 17.6. The number of ether oxygens (including phenoxy) is 1. The van der Waals surface area contributed by atoms with Crippen LogP contribution in [0, 0.1) is 0 Å². The van der Waals surface area contributed by atoms with Crippen molar-refractivity contribution < 1.29 is 22.5 Å². The number of fused-ring (bicyclic) bond motifs is 1. The van der Waals surface area contributed by atoms with Crippen LogP contribution in [0.5, 0.6) is 5.75 Å². The molecular weight excluding hydrogens is 490 g/mol. The molecule has 0 radical (unpaired) electrons. The van der Waals surface area contributed by atoms with E-state index in [1.807, 2.05) is 30.3 Å². The van der Waals surface area contributed by atoms with Gasteiger partial charge in [-0.1, -0.05) is 36.4 Å². The van der Waals surface area contributed by atoms with Gasteiger partial charge in [-0.3, -0.25) is 14.2 Å². The number of aliphatic imine (C=N–C) groups is 1. The Morgan fingerprint density at radius 2 is 1.73 bits per heavy atom. The van der Waals surface area contributed by atoms with Crippen LogP contribution in [0.15, 0.2) is 65.7 Å². The molecule has 2 aliphatic rings. The fraction of sp³-hybridized carbons (Fsp3) is 0.286. The zero-order chi connectivity index (χ0) is 26.4. The molecule has 3 N–H and O–H groups in total. The summed E-state index contributed by atoms with van der Waals surface area (Å²) in [5.41, 5.74) is 10.6. The molecule has 3 aromatic carbocycles. The first-order valence-corrected chi connectivity index (χ1v) is 13.7. The van der Waals surface area contributed by atoms with E-state index in [1.165, 1.54) is 23.1 Å². The predicted octanol–water partition coefficient (Wildman–Crippen LogP) is 3.66. The first kappa shape index (κ1) is 25.0. The number of nitrogens with two attached hydrogens (primary N) is 1. The highest BCUT2D eigenvalue weighted by Gasteiger charge is 2.49. The number of hydrogen-bond donors (Lipinski definition) is 2. The van der Waals surface area contributed by atoms with Crippen LogP contribution in [0.25, 0.3) is 11.1 Å². The number of carbonyl (C=O) groups excluding carboxylic acids is 1. The van der Waals surface area contributed by atoms with Gasteiger partial charge in [0.1, 0.15) is 11.5 Å². The number of amides is 1. The summed E-state index contributed by atoms with van der Waals surface area (Å²) in [6, 6.07) is 18.6. The van der Waals surface area contributed by atoms with Gasteiger partial charge in [-0.2, -0.15) is 8.42 Å². The van der Waals surface area contributed by atoms with Crippen LogP contribution in [0.3, 0.4) is 0 Å². The van der Waals surface area contributed by atoms with E-state index in [2.05, 4.69) is 12.1 Å². The van der Waals surface area contributed by atoms with Crippen molar-refractivity contribution in [3.63, 3.8) is 0 Å². The van der Waals surface area contributed by atoms with Crippen molar-refractivity contribution in [3.8, 4) is 16.9 Å². The summed E-state index contributed by atoms with van der Waals surface area (Å²) >= 11 is 0. The van der Waals surface area contributed by atoms with Gasteiger partial charge in [0.05, 0.1) is 7.11 Å². The maximum atomic E-state index is 13.8. The molecule has 0 saturated heterocycles. The minimum Gasteiger partial charge on any atom is -0.497 e. The molecule has 0 spiro atoms. The van der Waals surface area contributed by atoms with Crippen molar-refractivity contribution in [1.29, 1.82) is 0 Å². The van der Waals surface area contributed by atoms with Crippen LogP contribution < -0.4 is 10.5 Å². The molecule has 3 aromatic rings. The van der Waals surface area contributed by atoms with Gasteiger partial charge in [0, 0.05) is 7.05 Å². The summed E-state index contributed by atoms with van der Waals surface area (Å²) in [4.78, 5) is 19.9. The highest BCUT2D eigenvalue weighted by atomic mass is 32.2. The third-order valence-electron chi connectivity index (χ3n) is 7.17. The Labute approximate surface area is 216 Å².